The van der Waals surface area contributed by atoms with Crippen LogP contribution < -0.4 is 0 Å². The van der Waals surface area contributed by atoms with Crippen LogP contribution in [0.4, 0.5) is 0 Å². The summed E-state index contributed by atoms with van der Waals surface area (Å²) in [6.45, 7) is 4.27. The summed E-state index contributed by atoms with van der Waals surface area (Å²) < 4.78 is 20.9. The summed E-state index contributed by atoms with van der Waals surface area (Å²) >= 11 is 0. The van der Waals surface area contributed by atoms with E-state index >= 15 is 0 Å². The quantitative estimate of drug-likeness (QED) is 0.571. The minimum absolute atomic E-state index is 0.366. The number of hydrogen-bond acceptors (Lipinski definition) is 3. The Balaban J connectivity index is 4.23. The number of carbonyl (C=O) groups excluding carboxylic acids is 1. The van der Waals surface area contributed by atoms with Gasteiger partial charge in [0.25, 0.3) is 0 Å². The molecular weight excluding hydrogens is 140 g/mol. The lowest BCUT2D eigenvalue weighted by Gasteiger charge is -1.89. The van der Waals surface area contributed by atoms with Crippen molar-refractivity contribution < 1.29 is 13.2 Å². The van der Waals surface area contributed by atoms with Crippen molar-refractivity contribution >= 4 is 15.6 Å². The van der Waals surface area contributed by atoms with Crippen molar-refractivity contribution in [1.29, 1.82) is 0 Å². The monoisotopic (exact) mass is 148 g/mol. The number of sulfone groups is 1. The highest BCUT2D eigenvalue weighted by Crippen LogP contribution is 1.89. The van der Waals surface area contributed by atoms with Gasteiger partial charge in [0, 0.05) is 5.41 Å². The van der Waals surface area contributed by atoms with E-state index in [1.54, 1.807) is 0 Å². The van der Waals surface area contributed by atoms with Crippen molar-refractivity contribution in [1.82, 2.24) is 0 Å². The molecule has 0 bridgehead atoms. The number of rotatable bonds is 3. The first kappa shape index (κ1) is 8.36. The lowest BCUT2D eigenvalue weighted by Crippen LogP contribution is -2.09. The molecule has 9 heavy (non-hydrogen) atoms. The zero-order valence-electron chi connectivity index (χ0n) is 5.12. The number of Topliss-reactive ketones (excluding diaryl/α,β-unsaturated/α-hetero) is 1. The van der Waals surface area contributed by atoms with E-state index in [1.165, 1.54) is 6.92 Å². The first-order valence-electron chi connectivity index (χ1n) is 2.32. The van der Waals surface area contributed by atoms with Crippen molar-refractivity contribution in [2.24, 2.45) is 0 Å². The smallest absolute Gasteiger partial charge is 0.178 e. The second kappa shape index (κ2) is 2.77. The molecule has 3 nitrogen and oxygen atoms in total. The Bertz CT molecular complexity index is 212. The molecule has 52 valence electrons. The van der Waals surface area contributed by atoms with Crippen LogP contribution in [0.1, 0.15) is 6.92 Å². The van der Waals surface area contributed by atoms with E-state index in [9.17, 15) is 13.2 Å². The van der Waals surface area contributed by atoms with Gasteiger partial charge in [-0.3, -0.25) is 4.79 Å². The minimum atomic E-state index is -3.30. The third-order valence-corrected chi connectivity index (χ3v) is 1.98. The summed E-state index contributed by atoms with van der Waals surface area (Å²) in [4.78, 5) is 10.2. The molecule has 0 saturated heterocycles. The van der Waals surface area contributed by atoms with Crippen LogP contribution in [-0.2, 0) is 14.6 Å². The Morgan fingerprint density at radius 2 is 2.11 bits per heavy atom. The predicted octanol–water partition coefficient (Wildman–Crippen LogP) is 0.134. The molecule has 0 N–H and O–H groups in total. The van der Waals surface area contributed by atoms with Gasteiger partial charge in [0.05, 0.1) is 0 Å². The molecule has 0 aromatic carbocycles. The molecule has 0 unspecified atom stereocenters. The van der Waals surface area contributed by atoms with Gasteiger partial charge in [0.15, 0.2) is 9.84 Å². The van der Waals surface area contributed by atoms with Crippen LogP contribution in [0, 0.1) is 0 Å². The Kier molecular flexibility index (Phi) is 2.58. The van der Waals surface area contributed by atoms with Crippen LogP contribution in [0.5, 0.6) is 0 Å². The average molecular weight is 148 g/mol. The standard InChI is InChI=1S/C5H8O3S/c1-3-9(7,8)4-5(2)6/h3H,1,4H2,2H3. The van der Waals surface area contributed by atoms with Gasteiger partial charge < -0.3 is 0 Å². The first-order valence-corrected chi connectivity index (χ1v) is 4.04. The maximum Gasteiger partial charge on any atom is 0.178 e. The summed E-state index contributed by atoms with van der Waals surface area (Å²) in [5.74, 6) is -0.800. The molecule has 4 heteroatoms. The predicted molar refractivity (Wildman–Crippen MR) is 34.7 cm³/mol. The molecule has 0 rings (SSSR count). The topological polar surface area (TPSA) is 51.2 Å². The fourth-order valence-electron chi connectivity index (χ4n) is 0.342. The van der Waals surface area contributed by atoms with Crippen molar-refractivity contribution in [2.75, 3.05) is 5.75 Å². The van der Waals surface area contributed by atoms with Crippen LogP contribution in [0.2, 0.25) is 0 Å². The molecular formula is C5H8O3S. The van der Waals surface area contributed by atoms with E-state index in [2.05, 4.69) is 6.58 Å². The van der Waals surface area contributed by atoms with Crippen molar-refractivity contribution in [2.45, 2.75) is 6.92 Å². The third-order valence-electron chi connectivity index (χ3n) is 0.658. The number of carbonyl (C=O) groups is 1. The largest absolute Gasteiger partial charge is 0.299 e. The molecule has 0 aromatic rings. The lowest BCUT2D eigenvalue weighted by molar-refractivity contribution is -0.114. The van der Waals surface area contributed by atoms with Crippen molar-refractivity contribution in [3.8, 4) is 0 Å². The van der Waals surface area contributed by atoms with E-state index in [4.69, 9.17) is 0 Å². The molecule has 0 saturated carbocycles. The third kappa shape index (κ3) is 3.90. The van der Waals surface area contributed by atoms with Gasteiger partial charge >= 0.3 is 0 Å². The van der Waals surface area contributed by atoms with Crippen LogP contribution in [0.3, 0.4) is 0 Å². The molecule has 0 aliphatic carbocycles. The second-order valence-electron chi connectivity index (χ2n) is 1.68. The molecule has 0 heterocycles. The first-order chi connectivity index (χ1) is 3.98. The average Bonchev–Trinajstić information content (AvgIpc) is 1.63. The highest BCUT2D eigenvalue weighted by atomic mass is 32.2. The summed E-state index contributed by atoms with van der Waals surface area (Å²) in [5, 5.41) is 0.786. The normalized spacial score (nSPS) is 10.8. The van der Waals surface area contributed by atoms with E-state index in [-0.39, 0.29) is 5.78 Å². The second-order valence-corrected chi connectivity index (χ2v) is 3.62. The van der Waals surface area contributed by atoms with E-state index < -0.39 is 15.6 Å². The highest BCUT2D eigenvalue weighted by molar-refractivity contribution is 7.94. The minimum Gasteiger partial charge on any atom is -0.299 e. The van der Waals surface area contributed by atoms with Gasteiger partial charge in [-0.05, 0) is 6.92 Å². The van der Waals surface area contributed by atoms with Crippen LogP contribution >= 0.6 is 0 Å². The molecule has 0 atom stereocenters. The van der Waals surface area contributed by atoms with Crippen LogP contribution in [0.25, 0.3) is 0 Å². The zero-order chi connectivity index (χ0) is 7.49. The Morgan fingerprint density at radius 3 is 2.22 bits per heavy atom. The lowest BCUT2D eigenvalue weighted by atomic mass is 10.5. The molecule has 0 aromatic heterocycles. The Hall–Kier alpha value is -0.640. The Labute approximate surface area is 54.3 Å². The van der Waals surface area contributed by atoms with Gasteiger partial charge in [-0.2, -0.15) is 0 Å². The molecule has 0 aliphatic rings. The maximum absolute atomic E-state index is 10.5. The molecule has 0 amide bonds. The summed E-state index contributed by atoms with van der Waals surface area (Å²) in [7, 11) is -3.30. The van der Waals surface area contributed by atoms with Crippen LogP contribution in [0.15, 0.2) is 12.0 Å². The number of hydrogen-bond donors (Lipinski definition) is 0. The Morgan fingerprint density at radius 1 is 1.67 bits per heavy atom. The van der Waals surface area contributed by atoms with Gasteiger partial charge in [-0.15, -0.1) is 0 Å². The van der Waals surface area contributed by atoms with E-state index in [0.29, 0.717) is 0 Å². The fourth-order valence-corrected chi connectivity index (χ4v) is 1.03. The van der Waals surface area contributed by atoms with Gasteiger partial charge in [0.2, 0.25) is 0 Å². The van der Waals surface area contributed by atoms with Crippen molar-refractivity contribution in [3.63, 3.8) is 0 Å². The molecule has 0 radical (unpaired) electrons. The van der Waals surface area contributed by atoms with Crippen molar-refractivity contribution in [3.05, 3.63) is 12.0 Å². The van der Waals surface area contributed by atoms with Crippen LogP contribution in [-0.4, -0.2) is 20.0 Å². The zero-order valence-corrected chi connectivity index (χ0v) is 5.94. The van der Waals surface area contributed by atoms with E-state index in [1.807, 2.05) is 0 Å². The summed E-state index contributed by atoms with van der Waals surface area (Å²) in [6.07, 6.45) is 0. The van der Waals surface area contributed by atoms with Gasteiger partial charge in [-0.1, -0.05) is 6.58 Å². The molecule has 0 fully saturated rings. The fraction of sp³-hybridized carbons (Fsp3) is 0.400. The summed E-state index contributed by atoms with van der Waals surface area (Å²) in [6, 6.07) is 0. The molecule has 0 aliphatic heterocycles. The SMILES string of the molecule is C=CS(=O)(=O)CC(C)=O. The van der Waals surface area contributed by atoms with Gasteiger partial charge in [-0.25, -0.2) is 8.42 Å². The molecule has 0 spiro atoms. The van der Waals surface area contributed by atoms with E-state index in [0.717, 1.165) is 5.41 Å². The number of ketones is 1. The summed E-state index contributed by atoms with van der Waals surface area (Å²) in [5.41, 5.74) is 0. The highest BCUT2D eigenvalue weighted by Gasteiger charge is 2.06. The van der Waals surface area contributed by atoms with Gasteiger partial charge in [0.1, 0.15) is 11.5 Å². The maximum atomic E-state index is 10.5.